The summed E-state index contributed by atoms with van der Waals surface area (Å²) in [4.78, 5) is 5.26. The van der Waals surface area contributed by atoms with E-state index in [4.69, 9.17) is 0 Å². The van der Waals surface area contributed by atoms with Crippen LogP contribution in [0.3, 0.4) is 0 Å². The normalized spacial score (nSPS) is 25.5. The highest BCUT2D eigenvalue weighted by Crippen LogP contribution is 2.28. The van der Waals surface area contributed by atoms with Crippen LogP contribution < -0.4 is 0 Å². The monoisotopic (exact) mass is 288 g/mol. The molecule has 1 saturated carbocycles. The Labute approximate surface area is 128 Å². The fourth-order valence-corrected chi connectivity index (χ4v) is 4.04. The first-order valence-electron chi connectivity index (χ1n) is 8.49. The van der Waals surface area contributed by atoms with E-state index in [0.717, 1.165) is 32.1 Å². The third-order valence-corrected chi connectivity index (χ3v) is 5.12. The van der Waals surface area contributed by atoms with Crippen LogP contribution in [0.25, 0.3) is 0 Å². The van der Waals surface area contributed by atoms with E-state index in [0.29, 0.717) is 12.6 Å². The molecule has 3 heteroatoms. The zero-order valence-corrected chi connectivity index (χ0v) is 13.0. The van der Waals surface area contributed by atoms with E-state index < -0.39 is 0 Å². The molecule has 0 spiro atoms. The van der Waals surface area contributed by atoms with Gasteiger partial charge in [0.25, 0.3) is 0 Å². The summed E-state index contributed by atoms with van der Waals surface area (Å²) in [7, 11) is 0. The number of benzene rings is 1. The Morgan fingerprint density at radius 2 is 1.81 bits per heavy atom. The van der Waals surface area contributed by atoms with Crippen molar-refractivity contribution >= 4 is 0 Å². The Bertz CT molecular complexity index is 416. The average molecular weight is 288 g/mol. The van der Waals surface area contributed by atoms with E-state index in [1.165, 1.54) is 37.8 Å². The molecule has 0 aromatic heterocycles. The zero-order chi connectivity index (χ0) is 14.5. The zero-order valence-electron chi connectivity index (χ0n) is 13.0. The Hall–Kier alpha value is -0.900. The third kappa shape index (κ3) is 3.85. The number of hydrogen-bond donors (Lipinski definition) is 1. The molecular weight excluding hydrogens is 260 g/mol. The summed E-state index contributed by atoms with van der Waals surface area (Å²) in [6, 6.07) is 12.1. The number of aliphatic hydroxyl groups is 1. The van der Waals surface area contributed by atoms with Crippen LogP contribution >= 0.6 is 0 Å². The molecule has 1 atom stereocenters. The average Bonchev–Trinajstić information content (AvgIpc) is 3.03. The summed E-state index contributed by atoms with van der Waals surface area (Å²) in [5.41, 5.74) is 1.40. The lowest BCUT2D eigenvalue weighted by molar-refractivity contribution is 0.0267. The molecule has 0 bridgehead atoms. The molecule has 2 fully saturated rings. The number of hydrogen-bond acceptors (Lipinski definition) is 3. The highest BCUT2D eigenvalue weighted by molar-refractivity contribution is 5.14. The maximum atomic E-state index is 9.41. The molecule has 0 radical (unpaired) electrons. The predicted octanol–water partition coefficient (Wildman–Crippen LogP) is 2.50. The second-order valence-electron chi connectivity index (χ2n) is 6.56. The molecular formula is C18H28N2O. The number of piperazine rings is 1. The maximum Gasteiger partial charge on any atom is 0.0446 e. The van der Waals surface area contributed by atoms with Crippen LogP contribution in [0.15, 0.2) is 30.3 Å². The van der Waals surface area contributed by atoms with E-state index in [9.17, 15) is 5.11 Å². The Morgan fingerprint density at radius 1 is 1.05 bits per heavy atom. The van der Waals surface area contributed by atoms with Crippen molar-refractivity contribution in [3.8, 4) is 0 Å². The van der Waals surface area contributed by atoms with Gasteiger partial charge in [-0.25, -0.2) is 0 Å². The standard InChI is InChI=1S/C18H28N2O/c21-13-10-18-15-19(14-16-6-2-1-3-7-16)11-12-20(18)17-8-4-5-9-17/h1-3,6-7,17-18,21H,4-5,8-15H2/t18-/m1/s1. The predicted molar refractivity (Wildman–Crippen MR) is 86.2 cm³/mol. The van der Waals surface area contributed by atoms with Crippen LogP contribution in [0.2, 0.25) is 0 Å². The van der Waals surface area contributed by atoms with Crippen LogP contribution in [0.5, 0.6) is 0 Å². The van der Waals surface area contributed by atoms with Gasteiger partial charge in [-0.2, -0.15) is 0 Å². The number of nitrogens with zero attached hydrogens (tertiary/aromatic N) is 2. The Morgan fingerprint density at radius 3 is 2.52 bits per heavy atom. The van der Waals surface area contributed by atoms with Crippen molar-refractivity contribution in [2.45, 2.75) is 50.7 Å². The summed E-state index contributed by atoms with van der Waals surface area (Å²) in [5.74, 6) is 0. The van der Waals surface area contributed by atoms with Crippen molar-refractivity contribution in [2.75, 3.05) is 26.2 Å². The molecule has 1 aromatic carbocycles. The molecule has 21 heavy (non-hydrogen) atoms. The van der Waals surface area contributed by atoms with Gasteiger partial charge < -0.3 is 5.11 Å². The Kier molecular flexibility index (Phi) is 5.28. The molecule has 3 rings (SSSR count). The molecule has 0 amide bonds. The lowest BCUT2D eigenvalue weighted by atomic mass is 10.0. The molecule has 3 nitrogen and oxygen atoms in total. The molecule has 1 heterocycles. The number of aliphatic hydroxyl groups excluding tert-OH is 1. The SMILES string of the molecule is OCC[C@@H]1CN(Cc2ccccc2)CCN1C1CCCC1. The van der Waals surface area contributed by atoms with E-state index in [1.54, 1.807) is 0 Å². The molecule has 2 aliphatic rings. The highest BCUT2D eigenvalue weighted by Gasteiger charge is 2.32. The molecule has 1 saturated heterocycles. The van der Waals surface area contributed by atoms with E-state index in [1.807, 2.05) is 0 Å². The topological polar surface area (TPSA) is 26.7 Å². The van der Waals surface area contributed by atoms with Crippen LogP contribution in [-0.2, 0) is 6.54 Å². The van der Waals surface area contributed by atoms with Crippen molar-refractivity contribution in [1.82, 2.24) is 9.80 Å². The quantitative estimate of drug-likeness (QED) is 0.902. The summed E-state index contributed by atoms with van der Waals surface area (Å²) >= 11 is 0. The first-order valence-corrected chi connectivity index (χ1v) is 8.49. The summed E-state index contributed by atoms with van der Waals surface area (Å²) < 4.78 is 0. The first-order chi connectivity index (χ1) is 10.4. The van der Waals surface area contributed by atoms with E-state index in [-0.39, 0.29) is 0 Å². The molecule has 1 N–H and O–H groups in total. The van der Waals surface area contributed by atoms with Gasteiger partial charge in [0.2, 0.25) is 0 Å². The molecule has 116 valence electrons. The lowest BCUT2D eigenvalue weighted by Gasteiger charge is -2.44. The van der Waals surface area contributed by atoms with Gasteiger partial charge in [0, 0.05) is 44.9 Å². The second kappa shape index (κ2) is 7.39. The van der Waals surface area contributed by atoms with E-state index >= 15 is 0 Å². The van der Waals surface area contributed by atoms with Crippen molar-refractivity contribution in [3.05, 3.63) is 35.9 Å². The van der Waals surface area contributed by atoms with Gasteiger partial charge in [-0.05, 0) is 24.8 Å². The van der Waals surface area contributed by atoms with E-state index in [2.05, 4.69) is 40.1 Å². The van der Waals surface area contributed by atoms with Gasteiger partial charge in [0.05, 0.1) is 0 Å². The van der Waals surface area contributed by atoms with Gasteiger partial charge in [-0.1, -0.05) is 43.2 Å². The summed E-state index contributed by atoms with van der Waals surface area (Å²) in [6.07, 6.45) is 6.42. The van der Waals surface area contributed by atoms with Crippen LogP contribution in [0, 0.1) is 0 Å². The van der Waals surface area contributed by atoms with Crippen LogP contribution in [0.1, 0.15) is 37.7 Å². The number of rotatable bonds is 5. The minimum Gasteiger partial charge on any atom is -0.396 e. The summed E-state index contributed by atoms with van der Waals surface area (Å²) in [6.45, 7) is 4.79. The smallest absolute Gasteiger partial charge is 0.0446 e. The lowest BCUT2D eigenvalue weighted by Crippen LogP contribution is -2.55. The van der Waals surface area contributed by atoms with Gasteiger partial charge in [0.15, 0.2) is 0 Å². The highest BCUT2D eigenvalue weighted by atomic mass is 16.3. The molecule has 1 aliphatic heterocycles. The van der Waals surface area contributed by atoms with Gasteiger partial charge in [-0.15, -0.1) is 0 Å². The van der Waals surface area contributed by atoms with Gasteiger partial charge in [-0.3, -0.25) is 9.80 Å². The van der Waals surface area contributed by atoms with Gasteiger partial charge in [0.1, 0.15) is 0 Å². The fraction of sp³-hybridized carbons (Fsp3) is 0.667. The van der Waals surface area contributed by atoms with Gasteiger partial charge >= 0.3 is 0 Å². The summed E-state index contributed by atoms with van der Waals surface area (Å²) in [5, 5.41) is 9.41. The largest absolute Gasteiger partial charge is 0.396 e. The fourth-order valence-electron chi connectivity index (χ4n) is 4.04. The van der Waals surface area contributed by atoms with Crippen molar-refractivity contribution in [2.24, 2.45) is 0 Å². The van der Waals surface area contributed by atoms with Crippen molar-refractivity contribution in [1.29, 1.82) is 0 Å². The van der Waals surface area contributed by atoms with Crippen LogP contribution in [-0.4, -0.2) is 53.2 Å². The molecule has 0 unspecified atom stereocenters. The molecule has 1 aliphatic carbocycles. The minimum absolute atomic E-state index is 0.313. The second-order valence-corrected chi connectivity index (χ2v) is 6.56. The van der Waals surface area contributed by atoms with Crippen molar-refractivity contribution < 1.29 is 5.11 Å². The van der Waals surface area contributed by atoms with Crippen molar-refractivity contribution in [3.63, 3.8) is 0 Å². The third-order valence-electron chi connectivity index (χ3n) is 5.12. The molecule has 1 aromatic rings. The Balaban J connectivity index is 1.60. The first kappa shape index (κ1) is 15.0. The van der Waals surface area contributed by atoms with Crippen LogP contribution in [0.4, 0.5) is 0 Å². The minimum atomic E-state index is 0.313. The maximum absolute atomic E-state index is 9.41.